The molecule has 8 nitrogen and oxygen atoms in total. The third kappa shape index (κ3) is 5.34. The van der Waals surface area contributed by atoms with Crippen LogP contribution in [0, 0.1) is 12.8 Å². The van der Waals surface area contributed by atoms with Gasteiger partial charge in [0.1, 0.15) is 16.9 Å². The third-order valence-electron chi connectivity index (χ3n) is 6.53. The van der Waals surface area contributed by atoms with E-state index in [0.717, 1.165) is 21.6 Å². The highest BCUT2D eigenvalue weighted by atomic mass is 32.1. The van der Waals surface area contributed by atoms with Crippen LogP contribution in [0.15, 0.2) is 41.8 Å². The molecule has 0 aliphatic heterocycles. The number of fused-ring (bicyclic) bond motifs is 1. The van der Waals surface area contributed by atoms with Crippen molar-refractivity contribution >= 4 is 44.7 Å². The molecular weight excluding hydrogens is 539 g/mol. The number of thiophene rings is 1. The van der Waals surface area contributed by atoms with Gasteiger partial charge in [-0.2, -0.15) is 18.2 Å². The average Bonchev–Trinajstić information content (AvgIpc) is 3.59. The second-order valence-corrected chi connectivity index (χ2v) is 11.2. The molecule has 0 saturated heterocycles. The lowest BCUT2D eigenvalue weighted by Gasteiger charge is -2.23. The van der Waals surface area contributed by atoms with E-state index >= 15 is 0 Å². The number of rotatable bonds is 8. The number of aromatic nitrogens is 3. The minimum atomic E-state index is -4.58. The van der Waals surface area contributed by atoms with Crippen molar-refractivity contribution < 1.29 is 28.1 Å². The van der Waals surface area contributed by atoms with Crippen LogP contribution in [0.1, 0.15) is 23.0 Å². The molecular formula is C25H26F3N5O3S2. The summed E-state index contributed by atoms with van der Waals surface area (Å²) in [4.78, 5) is 13.6. The Morgan fingerprint density at radius 3 is 2.58 bits per heavy atom. The van der Waals surface area contributed by atoms with E-state index in [1.54, 1.807) is 18.4 Å². The van der Waals surface area contributed by atoms with Crippen LogP contribution in [0.4, 0.5) is 24.9 Å². The summed E-state index contributed by atoms with van der Waals surface area (Å²) in [5.74, 6) is -0.306. The molecule has 202 valence electrons. The number of para-hydroxylation sites is 1. The fraction of sp³-hybridized carbons (Fsp3) is 0.400. The number of benzene rings is 1. The lowest BCUT2D eigenvalue weighted by Crippen LogP contribution is -2.36. The molecule has 0 amide bonds. The molecule has 1 saturated carbocycles. The SMILES string of the molecule is COC[C@H]1C[C@@H](Nc2nc(NC(c3cccs3)C(F)(F)F)nc(C)c2-c2nc3ccccc3s2)[C@H](O)[C@@H]1O. The lowest BCUT2D eigenvalue weighted by molar-refractivity contribution is -0.143. The molecule has 0 bridgehead atoms. The molecule has 1 aliphatic carbocycles. The maximum Gasteiger partial charge on any atom is 0.413 e. The number of thiazole rings is 1. The van der Waals surface area contributed by atoms with Gasteiger partial charge in [-0.25, -0.2) is 9.97 Å². The number of hydrogen-bond donors (Lipinski definition) is 4. The van der Waals surface area contributed by atoms with Gasteiger partial charge in [-0.15, -0.1) is 22.7 Å². The van der Waals surface area contributed by atoms with E-state index in [4.69, 9.17) is 9.72 Å². The summed E-state index contributed by atoms with van der Waals surface area (Å²) in [6.07, 6.45) is -6.35. The molecule has 0 radical (unpaired) electrons. The predicted octanol–water partition coefficient (Wildman–Crippen LogP) is 5.01. The maximum absolute atomic E-state index is 14.0. The summed E-state index contributed by atoms with van der Waals surface area (Å²) >= 11 is 2.39. The molecule has 5 atom stereocenters. The van der Waals surface area contributed by atoms with Gasteiger partial charge in [0.2, 0.25) is 5.95 Å². The zero-order valence-corrected chi connectivity index (χ0v) is 22.1. The first-order chi connectivity index (χ1) is 18.2. The van der Waals surface area contributed by atoms with Crippen LogP contribution >= 0.6 is 22.7 Å². The van der Waals surface area contributed by atoms with Crippen molar-refractivity contribution in [3.05, 3.63) is 52.3 Å². The number of halogens is 3. The van der Waals surface area contributed by atoms with Crippen LogP contribution in [0.3, 0.4) is 0 Å². The van der Waals surface area contributed by atoms with E-state index in [1.165, 1.54) is 24.5 Å². The molecule has 1 unspecified atom stereocenters. The molecule has 3 aromatic heterocycles. The van der Waals surface area contributed by atoms with E-state index in [2.05, 4.69) is 20.6 Å². The Hall–Kier alpha value is -2.84. The van der Waals surface area contributed by atoms with Crippen molar-refractivity contribution in [2.24, 2.45) is 5.92 Å². The average molecular weight is 566 g/mol. The monoisotopic (exact) mass is 565 g/mol. The van der Waals surface area contributed by atoms with Crippen molar-refractivity contribution in [1.29, 1.82) is 0 Å². The Bertz CT molecular complexity index is 1370. The van der Waals surface area contributed by atoms with Crippen molar-refractivity contribution in [2.45, 2.75) is 43.8 Å². The Morgan fingerprint density at radius 1 is 1.11 bits per heavy atom. The van der Waals surface area contributed by atoms with Gasteiger partial charge in [-0.05, 0) is 36.9 Å². The van der Waals surface area contributed by atoms with Gasteiger partial charge < -0.3 is 25.6 Å². The summed E-state index contributed by atoms with van der Waals surface area (Å²) in [5, 5.41) is 29.0. The standard InChI is InChI=1S/C25H26F3N5O3S2/c1-12-18(23-31-14-6-3-4-7-16(14)38-23)22(30-15-10-13(11-36-2)19(34)20(15)35)33-24(29-12)32-21(25(26,27)28)17-8-5-9-37-17/h3-9,13,15,19-21,34-35H,10-11H2,1-2H3,(H2,29,30,32,33)/t13-,15-,19-,20+,21?/m1/s1. The Labute approximate surface area is 224 Å². The molecule has 13 heteroatoms. The van der Waals surface area contributed by atoms with Gasteiger partial charge in [0.05, 0.1) is 40.2 Å². The second-order valence-electron chi connectivity index (χ2n) is 9.16. The minimum Gasteiger partial charge on any atom is -0.390 e. The summed E-state index contributed by atoms with van der Waals surface area (Å²) in [6.45, 7) is 1.94. The van der Waals surface area contributed by atoms with E-state index in [0.29, 0.717) is 22.7 Å². The van der Waals surface area contributed by atoms with E-state index < -0.39 is 30.5 Å². The van der Waals surface area contributed by atoms with E-state index in [1.807, 2.05) is 24.3 Å². The Kier molecular flexibility index (Phi) is 7.56. The van der Waals surface area contributed by atoms with Crippen molar-refractivity contribution in [2.75, 3.05) is 24.4 Å². The van der Waals surface area contributed by atoms with E-state index in [-0.39, 0.29) is 29.2 Å². The van der Waals surface area contributed by atoms with Crippen LogP contribution < -0.4 is 10.6 Å². The largest absolute Gasteiger partial charge is 0.413 e. The zero-order valence-electron chi connectivity index (χ0n) is 20.4. The number of aryl methyl sites for hydroxylation is 1. The highest BCUT2D eigenvalue weighted by Gasteiger charge is 2.43. The highest BCUT2D eigenvalue weighted by Crippen LogP contribution is 2.40. The van der Waals surface area contributed by atoms with E-state index in [9.17, 15) is 23.4 Å². The summed E-state index contributed by atoms with van der Waals surface area (Å²) in [5.41, 5.74) is 1.71. The quantitative estimate of drug-likeness (QED) is 0.236. The zero-order chi connectivity index (χ0) is 27.0. The summed E-state index contributed by atoms with van der Waals surface area (Å²) < 4.78 is 48.0. The topological polar surface area (TPSA) is 112 Å². The van der Waals surface area contributed by atoms with Gasteiger partial charge >= 0.3 is 6.18 Å². The summed E-state index contributed by atoms with van der Waals surface area (Å²) in [7, 11) is 1.52. The van der Waals surface area contributed by atoms with Crippen LogP contribution in [-0.4, -0.2) is 63.3 Å². The molecule has 1 fully saturated rings. The van der Waals surface area contributed by atoms with Gasteiger partial charge in [0, 0.05) is 17.9 Å². The molecule has 3 heterocycles. The van der Waals surface area contributed by atoms with Crippen molar-refractivity contribution in [1.82, 2.24) is 15.0 Å². The second kappa shape index (κ2) is 10.7. The number of alkyl halides is 3. The number of aliphatic hydroxyl groups is 2. The van der Waals surface area contributed by atoms with Crippen LogP contribution in [-0.2, 0) is 4.74 Å². The predicted molar refractivity (Wildman–Crippen MR) is 142 cm³/mol. The number of nitrogens with zero attached hydrogens (tertiary/aromatic N) is 3. The van der Waals surface area contributed by atoms with Gasteiger partial charge in [-0.3, -0.25) is 0 Å². The van der Waals surface area contributed by atoms with Crippen molar-refractivity contribution in [3.8, 4) is 10.6 Å². The Balaban J connectivity index is 1.56. The number of anilines is 2. The molecule has 4 N–H and O–H groups in total. The number of methoxy groups -OCH3 is 1. The first-order valence-corrected chi connectivity index (χ1v) is 13.6. The molecule has 1 aliphatic rings. The summed E-state index contributed by atoms with van der Waals surface area (Å²) in [6, 6.07) is 7.92. The Morgan fingerprint density at radius 2 is 1.89 bits per heavy atom. The number of nitrogens with one attached hydrogen (secondary N) is 2. The van der Waals surface area contributed by atoms with Gasteiger partial charge in [-0.1, -0.05) is 18.2 Å². The van der Waals surface area contributed by atoms with Crippen LogP contribution in [0.5, 0.6) is 0 Å². The minimum absolute atomic E-state index is 0.0836. The molecule has 0 spiro atoms. The number of aliphatic hydroxyl groups excluding tert-OH is 2. The first kappa shape index (κ1) is 26.8. The normalized spacial score (nSPS) is 22.6. The molecule has 1 aromatic carbocycles. The first-order valence-electron chi connectivity index (χ1n) is 11.9. The van der Waals surface area contributed by atoms with Crippen molar-refractivity contribution in [3.63, 3.8) is 0 Å². The van der Waals surface area contributed by atoms with Crippen LogP contribution in [0.25, 0.3) is 20.8 Å². The lowest BCUT2D eigenvalue weighted by atomic mass is 10.1. The fourth-order valence-electron chi connectivity index (χ4n) is 4.70. The third-order valence-corrected chi connectivity index (χ3v) is 8.52. The number of hydrogen-bond acceptors (Lipinski definition) is 10. The smallest absolute Gasteiger partial charge is 0.390 e. The maximum atomic E-state index is 14.0. The highest BCUT2D eigenvalue weighted by molar-refractivity contribution is 7.21. The molecule has 5 rings (SSSR count). The number of ether oxygens (including phenoxy) is 1. The fourth-order valence-corrected chi connectivity index (χ4v) is 6.56. The molecule has 38 heavy (non-hydrogen) atoms. The molecule has 4 aromatic rings. The van der Waals surface area contributed by atoms with Gasteiger partial charge in [0.25, 0.3) is 0 Å². The van der Waals surface area contributed by atoms with Gasteiger partial charge in [0.15, 0.2) is 6.04 Å². The van der Waals surface area contributed by atoms with Crippen LogP contribution in [0.2, 0.25) is 0 Å².